The molecule has 8 nitrogen and oxygen atoms in total. The Morgan fingerprint density at radius 3 is 2.53 bits per heavy atom. The van der Waals surface area contributed by atoms with Gasteiger partial charge in [0.15, 0.2) is 0 Å². The molecule has 3 saturated carbocycles. The maximum absolute atomic E-state index is 11.9. The molecule has 1 aliphatic heterocycles. The van der Waals surface area contributed by atoms with Crippen molar-refractivity contribution in [1.29, 1.82) is 0 Å². The summed E-state index contributed by atoms with van der Waals surface area (Å²) in [4.78, 5) is 45.0. The van der Waals surface area contributed by atoms with E-state index in [-0.39, 0.29) is 23.7 Å². The summed E-state index contributed by atoms with van der Waals surface area (Å²) in [5.41, 5.74) is 1.37. The number of allylic oxidation sites excluding steroid dienone is 4. The van der Waals surface area contributed by atoms with Gasteiger partial charge in [-0.25, -0.2) is 4.79 Å². The number of nitrogens with zero attached hydrogens (tertiary/aromatic N) is 2. The number of hydroxylamine groups is 2. The number of carbonyl (C=O) groups is 3. The lowest BCUT2D eigenvalue weighted by atomic mass is 9.47. The number of hydrogen-bond acceptors (Lipinski definition) is 7. The average molecular weight is 471 g/mol. The van der Waals surface area contributed by atoms with Gasteiger partial charge < -0.3 is 14.8 Å². The Morgan fingerprint density at radius 1 is 1.09 bits per heavy atom. The second-order valence-corrected chi connectivity index (χ2v) is 11.3. The highest BCUT2D eigenvalue weighted by Gasteiger charge is 2.62. The normalized spacial score (nSPS) is 42.2. The lowest BCUT2D eigenvalue weighted by Crippen LogP contribution is -2.53. The molecule has 34 heavy (non-hydrogen) atoms. The number of rotatable bonds is 4. The fourth-order valence-corrected chi connectivity index (χ4v) is 7.45. The predicted molar refractivity (Wildman–Crippen MR) is 123 cm³/mol. The van der Waals surface area contributed by atoms with Crippen LogP contribution in [0.15, 0.2) is 29.0 Å². The first kappa shape index (κ1) is 23.3. The Labute approximate surface area is 200 Å². The van der Waals surface area contributed by atoms with E-state index in [1.165, 1.54) is 5.57 Å². The van der Waals surface area contributed by atoms with Crippen LogP contribution in [-0.4, -0.2) is 45.9 Å². The highest BCUT2D eigenvalue weighted by molar-refractivity contribution is 6.05. The van der Waals surface area contributed by atoms with E-state index in [0.29, 0.717) is 28.5 Å². The number of aliphatic hydroxyl groups is 1. The third-order valence-electron chi connectivity index (χ3n) is 9.68. The zero-order chi connectivity index (χ0) is 24.3. The van der Waals surface area contributed by atoms with Gasteiger partial charge in [-0.05, 0) is 80.8 Å². The van der Waals surface area contributed by atoms with Gasteiger partial charge in [0.05, 0.1) is 5.60 Å². The van der Waals surface area contributed by atoms with E-state index in [4.69, 9.17) is 9.68 Å². The maximum atomic E-state index is 11.9. The van der Waals surface area contributed by atoms with Crippen molar-refractivity contribution in [2.24, 2.45) is 33.7 Å². The molecule has 4 aliphatic carbocycles. The summed E-state index contributed by atoms with van der Waals surface area (Å²) in [6.07, 6.45) is 12.6. The first-order chi connectivity index (χ1) is 16.0. The molecule has 0 radical (unpaired) electrons. The van der Waals surface area contributed by atoms with E-state index in [1.807, 2.05) is 13.0 Å². The Morgan fingerprint density at radius 2 is 1.79 bits per heavy atom. The quantitative estimate of drug-likeness (QED) is 0.498. The predicted octanol–water partition coefficient (Wildman–Crippen LogP) is 3.46. The molecule has 0 unspecified atom stereocenters. The molecule has 0 spiro atoms. The van der Waals surface area contributed by atoms with Gasteiger partial charge in [0.2, 0.25) is 6.61 Å². The summed E-state index contributed by atoms with van der Waals surface area (Å²) >= 11 is 0. The molecule has 5 rings (SSSR count). The monoisotopic (exact) mass is 470 g/mol. The molecule has 1 N–H and O–H groups in total. The van der Waals surface area contributed by atoms with Crippen molar-refractivity contribution in [3.63, 3.8) is 0 Å². The molecular formula is C26H34N2O6. The summed E-state index contributed by atoms with van der Waals surface area (Å²) in [5, 5.41) is 15.7. The lowest BCUT2D eigenvalue weighted by molar-refractivity contribution is -0.200. The van der Waals surface area contributed by atoms with Crippen molar-refractivity contribution >= 4 is 23.5 Å². The van der Waals surface area contributed by atoms with Crippen LogP contribution < -0.4 is 0 Å². The fraction of sp³-hybridized carbons (Fsp3) is 0.692. The van der Waals surface area contributed by atoms with Crippen molar-refractivity contribution < 1.29 is 29.2 Å². The summed E-state index contributed by atoms with van der Waals surface area (Å²) in [5.74, 6) is -0.175. The standard InChI is InChI=1S/C26H34N2O6/c1-24-11-8-17(27-33-15-23(31)34-28-21(29)6-7-22(28)30)14-16(24)4-5-18-19(24)9-12-25(2)20(18)10-13-26(25,3)32/h8,11,14,18-20,32H,4-7,9-10,12-13,15H2,1-3H3/b27-17-/t18-,19-,20+,24+,25+,26+/m1/s1. The minimum absolute atomic E-state index is 0.00346. The van der Waals surface area contributed by atoms with Crippen LogP contribution in [0.3, 0.4) is 0 Å². The maximum Gasteiger partial charge on any atom is 0.373 e. The van der Waals surface area contributed by atoms with Crippen LogP contribution in [0.25, 0.3) is 0 Å². The van der Waals surface area contributed by atoms with Crippen LogP contribution in [0.4, 0.5) is 0 Å². The highest BCUT2D eigenvalue weighted by atomic mass is 16.7. The first-order valence-corrected chi connectivity index (χ1v) is 12.4. The Hall–Kier alpha value is -2.48. The van der Waals surface area contributed by atoms with Crippen LogP contribution in [0, 0.1) is 28.6 Å². The molecule has 4 fully saturated rings. The van der Waals surface area contributed by atoms with Crippen molar-refractivity contribution in [2.45, 2.75) is 77.7 Å². The van der Waals surface area contributed by atoms with Gasteiger partial charge in [0.25, 0.3) is 11.8 Å². The first-order valence-electron chi connectivity index (χ1n) is 12.4. The van der Waals surface area contributed by atoms with Crippen molar-refractivity contribution in [2.75, 3.05) is 6.61 Å². The van der Waals surface area contributed by atoms with Crippen LogP contribution in [0.1, 0.15) is 72.1 Å². The Bertz CT molecular complexity index is 997. The molecule has 0 aromatic heterocycles. The number of fused-ring (bicyclic) bond motifs is 5. The molecule has 0 aromatic carbocycles. The highest BCUT2D eigenvalue weighted by Crippen LogP contribution is 2.66. The van der Waals surface area contributed by atoms with Gasteiger partial charge in [0.1, 0.15) is 5.71 Å². The smallest absolute Gasteiger partial charge is 0.373 e. The van der Waals surface area contributed by atoms with Crippen LogP contribution in [0.5, 0.6) is 0 Å². The third kappa shape index (κ3) is 3.53. The summed E-state index contributed by atoms with van der Waals surface area (Å²) < 4.78 is 0. The second kappa shape index (κ2) is 8.04. The van der Waals surface area contributed by atoms with Gasteiger partial charge in [0, 0.05) is 18.3 Å². The topological polar surface area (TPSA) is 106 Å². The summed E-state index contributed by atoms with van der Waals surface area (Å²) in [6, 6.07) is 0. The number of amides is 2. The molecule has 6 atom stereocenters. The van der Waals surface area contributed by atoms with E-state index in [1.54, 1.807) is 0 Å². The van der Waals surface area contributed by atoms with Gasteiger partial charge in [-0.3, -0.25) is 9.59 Å². The molecule has 184 valence electrons. The number of oxime groups is 1. The van der Waals surface area contributed by atoms with E-state index in [2.05, 4.69) is 31.2 Å². The Balaban J connectivity index is 1.23. The fourth-order valence-electron chi connectivity index (χ4n) is 7.45. The van der Waals surface area contributed by atoms with E-state index >= 15 is 0 Å². The average Bonchev–Trinajstić information content (AvgIpc) is 3.23. The molecule has 0 bridgehead atoms. The third-order valence-corrected chi connectivity index (χ3v) is 9.68. The molecule has 1 saturated heterocycles. The summed E-state index contributed by atoms with van der Waals surface area (Å²) in [6.45, 7) is 6.16. The van der Waals surface area contributed by atoms with Crippen LogP contribution in [-0.2, 0) is 24.1 Å². The number of carbonyl (C=O) groups excluding carboxylic acids is 3. The second-order valence-electron chi connectivity index (χ2n) is 11.3. The Kier molecular flexibility index (Phi) is 5.50. The van der Waals surface area contributed by atoms with Crippen LogP contribution in [0.2, 0.25) is 0 Å². The van der Waals surface area contributed by atoms with E-state index < -0.39 is 30.0 Å². The van der Waals surface area contributed by atoms with E-state index in [9.17, 15) is 19.5 Å². The minimum Gasteiger partial charge on any atom is -0.390 e. The minimum atomic E-state index is -0.844. The number of hydrogen-bond donors (Lipinski definition) is 1. The lowest BCUT2D eigenvalue weighted by Gasteiger charge is -2.58. The van der Waals surface area contributed by atoms with Crippen molar-refractivity contribution in [1.82, 2.24) is 5.06 Å². The molecule has 0 aromatic rings. The molecule has 8 heteroatoms. The van der Waals surface area contributed by atoms with Crippen LogP contribution >= 0.6 is 0 Å². The molecular weight excluding hydrogens is 436 g/mol. The molecule has 5 aliphatic rings. The zero-order valence-electron chi connectivity index (χ0n) is 20.2. The van der Waals surface area contributed by atoms with Gasteiger partial charge >= 0.3 is 5.97 Å². The van der Waals surface area contributed by atoms with Crippen molar-refractivity contribution in [3.05, 3.63) is 23.8 Å². The molecule has 1 heterocycles. The van der Waals surface area contributed by atoms with Crippen molar-refractivity contribution in [3.8, 4) is 0 Å². The van der Waals surface area contributed by atoms with E-state index in [0.717, 1.165) is 38.5 Å². The largest absolute Gasteiger partial charge is 0.390 e. The zero-order valence-corrected chi connectivity index (χ0v) is 20.2. The number of imide groups is 1. The van der Waals surface area contributed by atoms with Gasteiger partial charge in [-0.2, -0.15) is 0 Å². The van der Waals surface area contributed by atoms with Gasteiger partial charge in [-0.15, -0.1) is 5.06 Å². The molecule has 2 amide bonds. The summed E-state index contributed by atoms with van der Waals surface area (Å²) in [7, 11) is 0. The van der Waals surface area contributed by atoms with Gasteiger partial charge in [-0.1, -0.05) is 30.7 Å². The SMILES string of the molecule is C[C@]12C=C/C(=N/OCC(=O)ON3C(=O)CCC3=O)C=C1CC[C@@H]1[C@H]2CC[C@@]2(C)[C@H]1CC[C@]2(C)O.